The maximum atomic E-state index is 12.4. The molecule has 3 aromatic rings. The number of aromatic carboxylic acids is 1. The van der Waals surface area contributed by atoms with Crippen LogP contribution >= 0.6 is 22.9 Å². The zero-order valence-electron chi connectivity index (χ0n) is 13.4. The molecule has 0 radical (unpaired) electrons. The topological polar surface area (TPSA) is 72.2 Å². The van der Waals surface area contributed by atoms with Crippen LogP contribution in [-0.2, 0) is 6.54 Å². The molecule has 3 rings (SSSR count). The van der Waals surface area contributed by atoms with E-state index in [0.29, 0.717) is 22.5 Å². The Morgan fingerprint density at radius 2 is 2.08 bits per heavy atom. The molecule has 2 aromatic heterocycles. The van der Waals surface area contributed by atoms with Crippen LogP contribution in [0, 0.1) is 13.8 Å². The van der Waals surface area contributed by atoms with E-state index < -0.39 is 11.4 Å². The minimum atomic E-state index is -1.24. The number of hydrogen-bond donors (Lipinski definition) is 1. The van der Waals surface area contributed by atoms with Gasteiger partial charge in [-0.05, 0) is 32.9 Å². The molecule has 0 fully saturated rings. The van der Waals surface area contributed by atoms with Crippen molar-refractivity contribution in [1.29, 1.82) is 0 Å². The average Bonchev–Trinajstić information content (AvgIpc) is 2.86. The van der Waals surface area contributed by atoms with Crippen LogP contribution in [0.1, 0.15) is 27.9 Å². The highest BCUT2D eigenvalue weighted by Crippen LogP contribution is 2.35. The molecule has 24 heavy (non-hydrogen) atoms. The number of aromatic nitrogens is 2. The summed E-state index contributed by atoms with van der Waals surface area (Å²) in [6.07, 6.45) is 1.38. The number of carboxylic acid groups (broad SMARTS) is 1. The third kappa shape index (κ3) is 2.61. The number of pyridine rings is 1. The molecule has 5 nitrogen and oxygen atoms in total. The van der Waals surface area contributed by atoms with E-state index in [1.807, 2.05) is 26.8 Å². The fraction of sp³-hybridized carbons (Fsp3) is 0.235. The van der Waals surface area contributed by atoms with Gasteiger partial charge in [0.25, 0.3) is 0 Å². The summed E-state index contributed by atoms with van der Waals surface area (Å²) in [5.41, 5.74) is 1.56. The third-order valence-electron chi connectivity index (χ3n) is 4.00. The Balaban J connectivity index is 2.37. The lowest BCUT2D eigenvalue weighted by molar-refractivity contribution is 0.0695. The minimum absolute atomic E-state index is 0.255. The fourth-order valence-corrected chi connectivity index (χ4v) is 3.83. The molecule has 124 valence electrons. The molecule has 0 amide bonds. The lowest BCUT2D eigenvalue weighted by atomic mass is 10.1. The summed E-state index contributed by atoms with van der Waals surface area (Å²) < 4.78 is 1.74. The molecule has 0 spiro atoms. The number of halogens is 1. The molecule has 2 heterocycles. The summed E-state index contributed by atoms with van der Waals surface area (Å²) in [5.74, 6) is -1.24. The molecule has 7 heteroatoms. The van der Waals surface area contributed by atoms with Gasteiger partial charge in [-0.1, -0.05) is 11.6 Å². The van der Waals surface area contributed by atoms with Crippen molar-refractivity contribution in [3.8, 4) is 10.6 Å². The van der Waals surface area contributed by atoms with Crippen molar-refractivity contribution in [2.75, 3.05) is 0 Å². The van der Waals surface area contributed by atoms with Gasteiger partial charge in [-0.2, -0.15) is 0 Å². The Morgan fingerprint density at radius 3 is 2.62 bits per heavy atom. The second-order valence-electron chi connectivity index (χ2n) is 5.47. The average molecular weight is 363 g/mol. The van der Waals surface area contributed by atoms with Crippen molar-refractivity contribution in [2.24, 2.45) is 0 Å². The van der Waals surface area contributed by atoms with Crippen molar-refractivity contribution in [3.63, 3.8) is 0 Å². The van der Waals surface area contributed by atoms with Crippen LogP contribution < -0.4 is 5.43 Å². The van der Waals surface area contributed by atoms with E-state index >= 15 is 0 Å². The Kier molecular flexibility index (Phi) is 4.19. The summed E-state index contributed by atoms with van der Waals surface area (Å²) in [6.45, 7) is 6.35. The second-order valence-corrected chi connectivity index (χ2v) is 7.08. The van der Waals surface area contributed by atoms with Crippen molar-refractivity contribution >= 4 is 39.8 Å². The van der Waals surface area contributed by atoms with Crippen LogP contribution in [-0.4, -0.2) is 20.6 Å². The Hall–Kier alpha value is -2.18. The number of hydrogen-bond acceptors (Lipinski definition) is 4. The lowest BCUT2D eigenvalue weighted by Crippen LogP contribution is -2.18. The van der Waals surface area contributed by atoms with Crippen molar-refractivity contribution in [3.05, 3.63) is 49.7 Å². The van der Waals surface area contributed by atoms with Crippen molar-refractivity contribution < 1.29 is 9.90 Å². The highest BCUT2D eigenvalue weighted by Gasteiger charge is 2.18. The molecule has 0 unspecified atom stereocenters. The maximum Gasteiger partial charge on any atom is 0.341 e. The van der Waals surface area contributed by atoms with Gasteiger partial charge in [-0.3, -0.25) is 4.79 Å². The van der Waals surface area contributed by atoms with E-state index in [1.54, 1.807) is 10.6 Å². The largest absolute Gasteiger partial charge is 0.477 e. The molecular formula is C17H15ClN2O3S. The SMILES string of the molecule is CCn1cc(C(=O)O)c(=O)c2cc(Cl)c(-c3nc(C)c(C)s3)cc21. The third-order valence-corrected chi connectivity index (χ3v) is 5.42. The van der Waals surface area contributed by atoms with Crippen LogP contribution in [0.4, 0.5) is 0 Å². The van der Waals surface area contributed by atoms with Gasteiger partial charge in [0.1, 0.15) is 10.6 Å². The van der Waals surface area contributed by atoms with Crippen LogP contribution in [0.2, 0.25) is 5.02 Å². The van der Waals surface area contributed by atoms with Gasteiger partial charge in [0.05, 0.1) is 16.2 Å². The van der Waals surface area contributed by atoms with E-state index in [2.05, 4.69) is 4.98 Å². The van der Waals surface area contributed by atoms with E-state index in [-0.39, 0.29) is 5.56 Å². The van der Waals surface area contributed by atoms with E-state index in [4.69, 9.17) is 11.6 Å². The quantitative estimate of drug-likeness (QED) is 0.760. The number of nitrogens with zero attached hydrogens (tertiary/aromatic N) is 2. The predicted molar refractivity (Wildman–Crippen MR) is 96.4 cm³/mol. The molecule has 1 aromatic carbocycles. The Labute approximate surface area is 147 Å². The zero-order valence-corrected chi connectivity index (χ0v) is 15.0. The van der Waals surface area contributed by atoms with Crippen LogP contribution in [0.3, 0.4) is 0 Å². The molecule has 0 saturated carbocycles. The highest BCUT2D eigenvalue weighted by atomic mass is 35.5. The number of carboxylic acids is 1. The molecule has 0 atom stereocenters. The Morgan fingerprint density at radius 1 is 1.38 bits per heavy atom. The van der Waals surface area contributed by atoms with E-state index in [9.17, 15) is 14.7 Å². The summed E-state index contributed by atoms with van der Waals surface area (Å²) in [6, 6.07) is 3.35. The number of fused-ring (bicyclic) bond motifs is 1. The molecule has 0 aliphatic carbocycles. The molecule has 1 N–H and O–H groups in total. The zero-order chi connectivity index (χ0) is 17.6. The first-order chi connectivity index (χ1) is 11.3. The summed E-state index contributed by atoms with van der Waals surface area (Å²) in [5, 5.41) is 10.7. The second kappa shape index (κ2) is 6.03. The number of benzene rings is 1. The van der Waals surface area contributed by atoms with E-state index in [0.717, 1.165) is 21.1 Å². The van der Waals surface area contributed by atoms with E-state index in [1.165, 1.54) is 17.5 Å². The lowest BCUT2D eigenvalue weighted by Gasteiger charge is -2.12. The highest BCUT2D eigenvalue weighted by molar-refractivity contribution is 7.15. The van der Waals surface area contributed by atoms with Gasteiger partial charge in [0, 0.05) is 28.6 Å². The molecule has 0 saturated heterocycles. The smallest absolute Gasteiger partial charge is 0.341 e. The monoisotopic (exact) mass is 362 g/mol. The van der Waals surface area contributed by atoms with Gasteiger partial charge in [-0.15, -0.1) is 11.3 Å². The van der Waals surface area contributed by atoms with Crippen molar-refractivity contribution in [1.82, 2.24) is 9.55 Å². The number of rotatable bonds is 3. The summed E-state index contributed by atoms with van der Waals surface area (Å²) in [7, 11) is 0. The van der Waals surface area contributed by atoms with Gasteiger partial charge in [0.15, 0.2) is 0 Å². The van der Waals surface area contributed by atoms with Crippen molar-refractivity contribution in [2.45, 2.75) is 27.3 Å². The van der Waals surface area contributed by atoms with Crippen LogP contribution in [0.25, 0.3) is 21.5 Å². The first kappa shape index (κ1) is 16.7. The number of aryl methyl sites for hydroxylation is 3. The standard InChI is InChI=1S/C17H15ClN2O3S/c1-4-20-7-12(17(22)23)15(21)11-5-13(18)10(6-14(11)20)16-19-8(2)9(3)24-16/h5-7H,4H2,1-3H3,(H,22,23). The number of carbonyl (C=O) groups is 1. The number of thiazole rings is 1. The molecular weight excluding hydrogens is 348 g/mol. The van der Waals surface area contributed by atoms with Gasteiger partial charge in [-0.25, -0.2) is 9.78 Å². The first-order valence-corrected chi connectivity index (χ1v) is 8.57. The minimum Gasteiger partial charge on any atom is -0.477 e. The Bertz CT molecular complexity index is 1020. The molecule has 0 aliphatic rings. The maximum absolute atomic E-state index is 12.4. The summed E-state index contributed by atoms with van der Waals surface area (Å²) >= 11 is 7.91. The summed E-state index contributed by atoms with van der Waals surface area (Å²) in [4.78, 5) is 29.4. The first-order valence-electron chi connectivity index (χ1n) is 7.37. The molecule has 0 aliphatic heterocycles. The predicted octanol–water partition coefficient (Wildman–Crippen LogP) is 4.11. The van der Waals surface area contributed by atoms with Gasteiger partial charge < -0.3 is 9.67 Å². The van der Waals surface area contributed by atoms with Crippen LogP contribution in [0.5, 0.6) is 0 Å². The normalized spacial score (nSPS) is 11.2. The van der Waals surface area contributed by atoms with Gasteiger partial charge >= 0.3 is 5.97 Å². The van der Waals surface area contributed by atoms with Gasteiger partial charge in [0.2, 0.25) is 5.43 Å². The van der Waals surface area contributed by atoms with Crippen LogP contribution in [0.15, 0.2) is 23.1 Å². The fourth-order valence-electron chi connectivity index (χ4n) is 2.58. The molecule has 0 bridgehead atoms.